The van der Waals surface area contributed by atoms with Crippen LogP contribution in [0.4, 0.5) is 4.39 Å². The van der Waals surface area contributed by atoms with Crippen molar-refractivity contribution in [2.75, 3.05) is 13.7 Å². The molecule has 0 fully saturated rings. The van der Waals surface area contributed by atoms with Gasteiger partial charge in [0.2, 0.25) is 0 Å². The minimum absolute atomic E-state index is 0.0670. The molecule has 0 spiro atoms. The van der Waals surface area contributed by atoms with Crippen LogP contribution >= 0.6 is 22.6 Å². The molecule has 2 unspecified atom stereocenters. The fraction of sp³-hybridized carbons (Fsp3) is 0.500. The van der Waals surface area contributed by atoms with E-state index in [9.17, 15) is 4.39 Å². The molecular formula is C12H17FINO. The van der Waals surface area contributed by atoms with E-state index >= 15 is 0 Å². The molecule has 2 atom stereocenters. The van der Waals surface area contributed by atoms with E-state index in [1.165, 1.54) is 12.1 Å². The number of benzene rings is 1. The topological polar surface area (TPSA) is 35.2 Å². The smallest absolute Gasteiger partial charge is 0.124 e. The fourth-order valence-electron chi connectivity index (χ4n) is 1.56. The molecule has 2 N–H and O–H groups in total. The van der Waals surface area contributed by atoms with E-state index in [1.807, 2.05) is 0 Å². The Bertz CT molecular complexity index is 346. The highest BCUT2D eigenvalue weighted by atomic mass is 127. The maximum absolute atomic E-state index is 12.9. The monoisotopic (exact) mass is 337 g/mol. The molecule has 16 heavy (non-hydrogen) atoms. The average molecular weight is 337 g/mol. The summed E-state index contributed by atoms with van der Waals surface area (Å²) in [5, 5.41) is 0. The van der Waals surface area contributed by atoms with Crippen molar-refractivity contribution in [1.29, 1.82) is 0 Å². The zero-order valence-electron chi connectivity index (χ0n) is 9.54. The van der Waals surface area contributed by atoms with Crippen molar-refractivity contribution in [3.63, 3.8) is 0 Å². The van der Waals surface area contributed by atoms with Crippen LogP contribution in [0.2, 0.25) is 0 Å². The highest BCUT2D eigenvalue weighted by Crippen LogP contribution is 2.26. The molecule has 0 aliphatic rings. The summed E-state index contributed by atoms with van der Waals surface area (Å²) in [6, 6.07) is 4.67. The predicted molar refractivity (Wildman–Crippen MR) is 71.7 cm³/mol. The molecule has 0 saturated heterocycles. The summed E-state index contributed by atoms with van der Waals surface area (Å²) in [6.07, 6.45) is 0.908. The lowest BCUT2D eigenvalue weighted by atomic mass is 9.93. The number of nitrogens with two attached hydrogens (primary N) is 1. The number of halogens is 2. The lowest BCUT2D eigenvalue weighted by molar-refractivity contribution is 0.174. The van der Waals surface area contributed by atoms with E-state index in [4.69, 9.17) is 10.5 Å². The van der Waals surface area contributed by atoms with Crippen LogP contribution in [0.25, 0.3) is 0 Å². The quantitative estimate of drug-likeness (QED) is 0.838. The summed E-state index contributed by atoms with van der Waals surface area (Å²) in [7, 11) is 1.68. The first-order valence-electron chi connectivity index (χ1n) is 5.25. The van der Waals surface area contributed by atoms with Gasteiger partial charge in [0.1, 0.15) is 5.82 Å². The molecule has 0 saturated carbocycles. The van der Waals surface area contributed by atoms with Crippen LogP contribution in [0.1, 0.15) is 24.9 Å². The van der Waals surface area contributed by atoms with Crippen LogP contribution in [0.3, 0.4) is 0 Å². The Morgan fingerprint density at radius 1 is 1.50 bits per heavy atom. The van der Waals surface area contributed by atoms with Gasteiger partial charge in [-0.1, -0.05) is 13.0 Å². The van der Waals surface area contributed by atoms with Crippen LogP contribution in [0, 0.1) is 15.3 Å². The van der Waals surface area contributed by atoms with Crippen LogP contribution in [-0.2, 0) is 4.74 Å². The van der Waals surface area contributed by atoms with Gasteiger partial charge in [0.15, 0.2) is 0 Å². The maximum atomic E-state index is 12.9. The van der Waals surface area contributed by atoms with Gasteiger partial charge in [-0.25, -0.2) is 4.39 Å². The molecule has 0 heterocycles. The normalized spacial score (nSPS) is 14.8. The molecule has 0 aromatic heterocycles. The van der Waals surface area contributed by atoms with Crippen molar-refractivity contribution in [2.45, 2.75) is 19.4 Å². The van der Waals surface area contributed by atoms with Crippen LogP contribution < -0.4 is 5.73 Å². The van der Waals surface area contributed by atoms with Crippen molar-refractivity contribution in [2.24, 2.45) is 11.7 Å². The minimum atomic E-state index is -0.218. The fourth-order valence-corrected chi connectivity index (χ4v) is 2.40. The Hall–Kier alpha value is -0.200. The van der Waals surface area contributed by atoms with Gasteiger partial charge in [-0.05, 0) is 52.6 Å². The lowest BCUT2D eigenvalue weighted by Crippen LogP contribution is -2.21. The highest BCUT2D eigenvalue weighted by Gasteiger charge is 2.17. The van der Waals surface area contributed by atoms with Gasteiger partial charge in [-0.2, -0.15) is 0 Å². The molecule has 0 aliphatic heterocycles. The van der Waals surface area contributed by atoms with Crippen molar-refractivity contribution in [1.82, 2.24) is 0 Å². The molecule has 0 radical (unpaired) electrons. The molecule has 90 valence electrons. The zero-order chi connectivity index (χ0) is 12.1. The Labute approximate surface area is 110 Å². The molecule has 4 heteroatoms. The van der Waals surface area contributed by atoms with Crippen molar-refractivity contribution in [3.05, 3.63) is 33.1 Å². The van der Waals surface area contributed by atoms with Crippen molar-refractivity contribution < 1.29 is 9.13 Å². The Morgan fingerprint density at radius 2 is 2.19 bits per heavy atom. The van der Waals surface area contributed by atoms with E-state index in [2.05, 4.69) is 29.5 Å². The molecule has 1 aromatic carbocycles. The lowest BCUT2D eigenvalue weighted by Gasteiger charge is -2.21. The third kappa shape index (κ3) is 3.68. The van der Waals surface area contributed by atoms with Gasteiger partial charge in [0.25, 0.3) is 0 Å². The second-order valence-corrected chi connectivity index (χ2v) is 5.11. The first-order valence-corrected chi connectivity index (χ1v) is 6.33. The Kier molecular flexibility index (Phi) is 5.64. The molecule has 0 amide bonds. The number of hydrogen-bond donors (Lipinski definition) is 1. The van der Waals surface area contributed by atoms with Crippen molar-refractivity contribution in [3.8, 4) is 0 Å². The Morgan fingerprint density at radius 3 is 2.75 bits per heavy atom. The van der Waals surface area contributed by atoms with Crippen LogP contribution in [0.15, 0.2) is 18.2 Å². The second-order valence-electron chi connectivity index (χ2n) is 3.95. The molecule has 0 aliphatic carbocycles. The van der Waals surface area contributed by atoms with E-state index in [0.29, 0.717) is 12.5 Å². The first kappa shape index (κ1) is 13.9. The molecule has 1 aromatic rings. The van der Waals surface area contributed by atoms with E-state index in [1.54, 1.807) is 13.2 Å². The summed E-state index contributed by atoms with van der Waals surface area (Å²) < 4.78 is 18.9. The SMILES string of the molecule is COCCC(C)C(N)c1ccc(F)cc1I. The summed E-state index contributed by atoms with van der Waals surface area (Å²) in [4.78, 5) is 0. The summed E-state index contributed by atoms with van der Waals surface area (Å²) >= 11 is 2.12. The Balaban J connectivity index is 2.75. The van der Waals surface area contributed by atoms with E-state index < -0.39 is 0 Å². The van der Waals surface area contributed by atoms with Crippen LogP contribution in [0.5, 0.6) is 0 Å². The standard InChI is InChI=1S/C12H17FINO/c1-8(5-6-16-2)12(15)10-4-3-9(13)7-11(10)14/h3-4,7-8,12H,5-6,15H2,1-2H3. The zero-order valence-corrected chi connectivity index (χ0v) is 11.7. The van der Waals surface area contributed by atoms with Gasteiger partial charge in [0, 0.05) is 23.3 Å². The number of hydrogen-bond acceptors (Lipinski definition) is 2. The number of rotatable bonds is 5. The highest BCUT2D eigenvalue weighted by molar-refractivity contribution is 14.1. The summed E-state index contributed by atoms with van der Waals surface area (Å²) in [5.41, 5.74) is 7.15. The molecule has 2 nitrogen and oxygen atoms in total. The van der Waals surface area contributed by atoms with Crippen molar-refractivity contribution >= 4 is 22.6 Å². The largest absolute Gasteiger partial charge is 0.385 e. The molecule has 0 bridgehead atoms. The summed E-state index contributed by atoms with van der Waals surface area (Å²) in [6.45, 7) is 2.79. The van der Waals surface area contributed by atoms with E-state index in [0.717, 1.165) is 15.6 Å². The minimum Gasteiger partial charge on any atom is -0.385 e. The van der Waals surface area contributed by atoms with Gasteiger partial charge in [0.05, 0.1) is 0 Å². The second kappa shape index (κ2) is 6.51. The first-order chi connectivity index (χ1) is 7.56. The third-order valence-corrected chi connectivity index (χ3v) is 3.65. The van der Waals surface area contributed by atoms with Gasteiger partial charge >= 0.3 is 0 Å². The average Bonchev–Trinajstić information content (AvgIpc) is 2.25. The number of ether oxygens (including phenoxy) is 1. The molecule has 1 rings (SSSR count). The number of methoxy groups -OCH3 is 1. The molecular weight excluding hydrogens is 320 g/mol. The van der Waals surface area contributed by atoms with E-state index in [-0.39, 0.29) is 11.9 Å². The predicted octanol–water partition coefficient (Wildman–Crippen LogP) is 3.10. The van der Waals surface area contributed by atoms with Crippen LogP contribution in [-0.4, -0.2) is 13.7 Å². The van der Waals surface area contributed by atoms with Gasteiger partial charge in [-0.3, -0.25) is 0 Å². The third-order valence-electron chi connectivity index (χ3n) is 2.71. The van der Waals surface area contributed by atoms with Gasteiger partial charge < -0.3 is 10.5 Å². The summed E-state index contributed by atoms with van der Waals surface area (Å²) in [5.74, 6) is 0.101. The maximum Gasteiger partial charge on any atom is 0.124 e. The van der Waals surface area contributed by atoms with Gasteiger partial charge in [-0.15, -0.1) is 0 Å².